The third kappa shape index (κ3) is 5.59. The van der Waals surface area contributed by atoms with Crippen molar-refractivity contribution in [3.05, 3.63) is 22.3 Å². The van der Waals surface area contributed by atoms with E-state index < -0.39 is 0 Å². The fourth-order valence-electron chi connectivity index (χ4n) is 1.01. The van der Waals surface area contributed by atoms with E-state index in [1.807, 2.05) is 0 Å². The second kappa shape index (κ2) is 7.76. The van der Waals surface area contributed by atoms with Gasteiger partial charge in [0.05, 0.1) is 15.8 Å². The molecule has 0 aliphatic heterocycles. The molecule has 0 unspecified atom stereocenters. The maximum absolute atomic E-state index is 11.5. The van der Waals surface area contributed by atoms with E-state index in [0.29, 0.717) is 28.0 Å². The third-order valence-corrected chi connectivity index (χ3v) is 3.28. The summed E-state index contributed by atoms with van der Waals surface area (Å²) in [5.74, 6) is 1.18. The van der Waals surface area contributed by atoms with Crippen molar-refractivity contribution in [1.82, 2.24) is 4.98 Å². The molecule has 4 nitrogen and oxygen atoms in total. The van der Waals surface area contributed by atoms with Crippen molar-refractivity contribution in [1.29, 1.82) is 0 Å². The number of aromatic nitrogens is 1. The van der Waals surface area contributed by atoms with Crippen molar-refractivity contribution < 1.29 is 9.90 Å². The Kier molecular flexibility index (Phi) is 6.65. The van der Waals surface area contributed by atoms with Gasteiger partial charge in [-0.25, -0.2) is 4.98 Å². The first kappa shape index (κ1) is 14.6. The van der Waals surface area contributed by atoms with Crippen molar-refractivity contribution >= 4 is 46.7 Å². The molecule has 1 heterocycles. The summed E-state index contributed by atoms with van der Waals surface area (Å²) in [6.07, 6.45) is 2.10. The number of aliphatic hydroxyl groups excluding tert-OH is 1. The van der Waals surface area contributed by atoms with E-state index >= 15 is 0 Å². The van der Waals surface area contributed by atoms with Crippen molar-refractivity contribution in [2.45, 2.75) is 6.42 Å². The van der Waals surface area contributed by atoms with Gasteiger partial charge in [0.25, 0.3) is 0 Å². The number of hydrogen-bond donors (Lipinski definition) is 2. The van der Waals surface area contributed by atoms with Gasteiger partial charge in [0.2, 0.25) is 5.91 Å². The van der Waals surface area contributed by atoms with Gasteiger partial charge in [0.1, 0.15) is 0 Å². The second-order valence-corrected chi connectivity index (χ2v) is 5.11. The van der Waals surface area contributed by atoms with Gasteiger partial charge in [-0.15, -0.1) is 0 Å². The number of aliphatic hydroxyl groups is 1. The average Bonchev–Trinajstić information content (AvgIpc) is 2.28. The van der Waals surface area contributed by atoms with Crippen LogP contribution in [0.3, 0.4) is 0 Å². The van der Waals surface area contributed by atoms with Gasteiger partial charge in [-0.2, -0.15) is 11.8 Å². The molecule has 0 fully saturated rings. The van der Waals surface area contributed by atoms with E-state index in [1.54, 1.807) is 0 Å². The fraction of sp³-hybridized carbons (Fsp3) is 0.400. The van der Waals surface area contributed by atoms with E-state index in [1.165, 1.54) is 24.0 Å². The van der Waals surface area contributed by atoms with Gasteiger partial charge >= 0.3 is 0 Å². The van der Waals surface area contributed by atoms with Crippen LogP contribution in [0.2, 0.25) is 10.0 Å². The summed E-state index contributed by atoms with van der Waals surface area (Å²) in [7, 11) is 0. The minimum Gasteiger partial charge on any atom is -0.396 e. The van der Waals surface area contributed by atoms with E-state index in [2.05, 4.69) is 10.3 Å². The largest absolute Gasteiger partial charge is 0.396 e. The van der Waals surface area contributed by atoms with Crippen LogP contribution in [0.5, 0.6) is 0 Å². The third-order valence-electron chi connectivity index (χ3n) is 1.75. The minimum absolute atomic E-state index is 0.138. The molecular formula is C10H12Cl2N2O2S. The SMILES string of the molecule is O=C(CSCCCO)Nc1ncc(Cl)cc1Cl. The number of nitrogens with one attached hydrogen (secondary N) is 1. The molecule has 7 heteroatoms. The van der Waals surface area contributed by atoms with Crippen LogP contribution in [-0.2, 0) is 4.79 Å². The van der Waals surface area contributed by atoms with Crippen LogP contribution < -0.4 is 5.32 Å². The van der Waals surface area contributed by atoms with E-state index in [-0.39, 0.29) is 12.5 Å². The van der Waals surface area contributed by atoms with Crippen molar-refractivity contribution in [2.24, 2.45) is 0 Å². The van der Waals surface area contributed by atoms with E-state index in [0.717, 1.165) is 5.75 Å². The molecule has 0 atom stereocenters. The van der Waals surface area contributed by atoms with Gasteiger partial charge in [-0.3, -0.25) is 4.79 Å². The molecular weight excluding hydrogens is 283 g/mol. The van der Waals surface area contributed by atoms with E-state index in [9.17, 15) is 4.79 Å². The zero-order valence-electron chi connectivity index (χ0n) is 8.95. The zero-order chi connectivity index (χ0) is 12.7. The standard InChI is InChI=1S/C10H12Cl2N2O2S/c11-7-4-8(12)10(13-5-7)14-9(16)6-17-3-1-2-15/h4-5,15H,1-3,6H2,(H,13,14,16). The summed E-state index contributed by atoms with van der Waals surface area (Å²) < 4.78 is 0. The molecule has 2 N–H and O–H groups in total. The summed E-state index contributed by atoms with van der Waals surface area (Å²) in [6.45, 7) is 0.138. The number of anilines is 1. The number of nitrogens with zero attached hydrogens (tertiary/aromatic N) is 1. The number of rotatable bonds is 6. The van der Waals surface area contributed by atoms with Crippen LogP contribution in [-0.4, -0.2) is 34.1 Å². The van der Waals surface area contributed by atoms with Gasteiger partial charge in [0, 0.05) is 12.8 Å². The lowest BCUT2D eigenvalue weighted by molar-refractivity contribution is -0.113. The molecule has 94 valence electrons. The zero-order valence-corrected chi connectivity index (χ0v) is 11.3. The highest BCUT2D eigenvalue weighted by Gasteiger charge is 2.07. The molecule has 0 radical (unpaired) electrons. The predicted molar refractivity (Wildman–Crippen MR) is 71.9 cm³/mol. The molecule has 1 amide bonds. The average molecular weight is 295 g/mol. The van der Waals surface area contributed by atoms with Gasteiger partial charge in [-0.05, 0) is 18.2 Å². The Morgan fingerprint density at radius 2 is 2.29 bits per heavy atom. The quantitative estimate of drug-likeness (QED) is 0.791. The first-order chi connectivity index (χ1) is 8.13. The molecule has 1 aromatic heterocycles. The molecule has 0 saturated carbocycles. The summed E-state index contributed by atoms with van der Waals surface area (Å²) in [5.41, 5.74) is 0. The predicted octanol–water partition coefficient (Wildman–Crippen LogP) is 2.44. The number of hydrogen-bond acceptors (Lipinski definition) is 4. The number of carbonyl (C=O) groups is 1. The Labute approximate surface area is 114 Å². The maximum atomic E-state index is 11.5. The molecule has 17 heavy (non-hydrogen) atoms. The number of amides is 1. The molecule has 0 aliphatic rings. The first-order valence-electron chi connectivity index (χ1n) is 4.93. The lowest BCUT2D eigenvalue weighted by Crippen LogP contribution is -2.15. The highest BCUT2D eigenvalue weighted by molar-refractivity contribution is 7.99. The number of thioether (sulfide) groups is 1. The van der Waals surface area contributed by atoms with Crippen molar-refractivity contribution in [2.75, 3.05) is 23.4 Å². The molecule has 0 bridgehead atoms. The Morgan fingerprint density at radius 3 is 2.94 bits per heavy atom. The monoisotopic (exact) mass is 294 g/mol. The van der Waals surface area contributed by atoms with Crippen LogP contribution in [0, 0.1) is 0 Å². The van der Waals surface area contributed by atoms with Crippen molar-refractivity contribution in [3.63, 3.8) is 0 Å². The smallest absolute Gasteiger partial charge is 0.235 e. The molecule has 0 aromatic carbocycles. The molecule has 1 rings (SSSR count). The molecule has 0 spiro atoms. The van der Waals surface area contributed by atoms with Crippen LogP contribution in [0.1, 0.15) is 6.42 Å². The molecule has 1 aromatic rings. The van der Waals surface area contributed by atoms with Gasteiger partial charge in [0.15, 0.2) is 5.82 Å². The summed E-state index contributed by atoms with van der Waals surface area (Å²) >= 11 is 13.0. The van der Waals surface area contributed by atoms with Crippen LogP contribution in [0.4, 0.5) is 5.82 Å². The summed E-state index contributed by atoms with van der Waals surface area (Å²) in [6, 6.07) is 1.52. The number of halogens is 2. The highest BCUT2D eigenvalue weighted by atomic mass is 35.5. The highest BCUT2D eigenvalue weighted by Crippen LogP contribution is 2.22. The Balaban J connectivity index is 2.40. The maximum Gasteiger partial charge on any atom is 0.235 e. The van der Waals surface area contributed by atoms with Crippen LogP contribution in [0.15, 0.2) is 12.3 Å². The normalized spacial score (nSPS) is 10.3. The fourth-order valence-corrected chi connectivity index (χ4v) is 2.17. The Morgan fingerprint density at radius 1 is 1.53 bits per heavy atom. The van der Waals surface area contributed by atoms with Crippen LogP contribution >= 0.6 is 35.0 Å². The van der Waals surface area contributed by atoms with Gasteiger partial charge < -0.3 is 10.4 Å². The number of carbonyl (C=O) groups excluding carboxylic acids is 1. The number of pyridine rings is 1. The lowest BCUT2D eigenvalue weighted by Gasteiger charge is -2.06. The topological polar surface area (TPSA) is 62.2 Å². The molecule has 0 aliphatic carbocycles. The first-order valence-corrected chi connectivity index (χ1v) is 6.84. The van der Waals surface area contributed by atoms with Gasteiger partial charge in [-0.1, -0.05) is 23.2 Å². The van der Waals surface area contributed by atoms with Crippen LogP contribution in [0.25, 0.3) is 0 Å². The van der Waals surface area contributed by atoms with E-state index in [4.69, 9.17) is 28.3 Å². The Hall–Kier alpha value is -0.490. The minimum atomic E-state index is -0.176. The lowest BCUT2D eigenvalue weighted by atomic mass is 10.4. The summed E-state index contributed by atoms with van der Waals surface area (Å²) in [5, 5.41) is 11.9. The Bertz CT molecular complexity index is 391. The second-order valence-electron chi connectivity index (χ2n) is 3.16. The summed E-state index contributed by atoms with van der Waals surface area (Å²) in [4.78, 5) is 15.4. The molecule has 0 saturated heterocycles. The van der Waals surface area contributed by atoms with Crippen molar-refractivity contribution in [3.8, 4) is 0 Å².